The van der Waals surface area contributed by atoms with Crippen LogP contribution in [0, 0.1) is 6.92 Å². The highest BCUT2D eigenvalue weighted by Gasteiger charge is 2.02. The molecule has 17 heavy (non-hydrogen) atoms. The van der Waals surface area contributed by atoms with E-state index in [1.807, 2.05) is 44.2 Å². The molecule has 0 spiro atoms. The maximum absolute atomic E-state index is 5.71. The molecule has 0 bridgehead atoms. The fraction of sp³-hybridized carbons (Fsp3) is 0.250. The van der Waals surface area contributed by atoms with E-state index in [4.69, 9.17) is 4.74 Å². The van der Waals surface area contributed by atoms with E-state index in [0.29, 0.717) is 5.76 Å². The van der Waals surface area contributed by atoms with E-state index in [1.165, 1.54) is 11.1 Å². The molecule has 1 heteroatoms. The van der Waals surface area contributed by atoms with E-state index in [-0.39, 0.29) is 0 Å². The minimum Gasteiger partial charge on any atom is -0.458 e. The molecule has 0 amide bonds. The van der Waals surface area contributed by atoms with Crippen LogP contribution in [0.25, 0.3) is 0 Å². The quantitative estimate of drug-likeness (QED) is 0.531. The Morgan fingerprint density at radius 1 is 1.18 bits per heavy atom. The highest BCUT2D eigenvalue weighted by Crippen LogP contribution is 2.20. The first-order valence-corrected chi connectivity index (χ1v) is 5.78. The van der Waals surface area contributed by atoms with Crippen LogP contribution >= 0.6 is 0 Å². The van der Waals surface area contributed by atoms with Crippen LogP contribution in [0.1, 0.15) is 26.3 Å². The lowest BCUT2D eigenvalue weighted by molar-refractivity contribution is 0.438. The normalized spacial score (nSPS) is 12.5. The van der Waals surface area contributed by atoms with Gasteiger partial charge >= 0.3 is 0 Å². The SMILES string of the molecule is C=C(Oc1ccc(C)cc1)/C(C)=C(C)/C=C\C. The van der Waals surface area contributed by atoms with Crippen molar-refractivity contribution in [3.63, 3.8) is 0 Å². The first-order valence-electron chi connectivity index (χ1n) is 5.78. The molecular formula is C16H20O. The average Bonchev–Trinajstić information content (AvgIpc) is 2.31. The van der Waals surface area contributed by atoms with E-state index in [2.05, 4.69) is 26.5 Å². The van der Waals surface area contributed by atoms with Crippen molar-refractivity contribution in [1.82, 2.24) is 0 Å². The third-order valence-corrected chi connectivity index (χ3v) is 2.69. The fourth-order valence-corrected chi connectivity index (χ4v) is 1.42. The Bertz CT molecular complexity index is 447. The first kappa shape index (κ1) is 13.3. The summed E-state index contributed by atoms with van der Waals surface area (Å²) in [5.41, 5.74) is 3.47. The van der Waals surface area contributed by atoms with Gasteiger partial charge in [0.1, 0.15) is 11.5 Å². The number of hydrogen-bond donors (Lipinski definition) is 0. The van der Waals surface area contributed by atoms with Gasteiger partial charge in [0.05, 0.1) is 0 Å². The van der Waals surface area contributed by atoms with Crippen molar-refractivity contribution in [3.05, 3.63) is 65.5 Å². The summed E-state index contributed by atoms with van der Waals surface area (Å²) in [6.07, 6.45) is 4.07. The van der Waals surface area contributed by atoms with Crippen LogP contribution in [0.2, 0.25) is 0 Å². The van der Waals surface area contributed by atoms with Crippen molar-refractivity contribution in [2.45, 2.75) is 27.7 Å². The van der Waals surface area contributed by atoms with Gasteiger partial charge in [-0.25, -0.2) is 0 Å². The van der Waals surface area contributed by atoms with Crippen molar-refractivity contribution < 1.29 is 4.74 Å². The molecule has 0 aliphatic carbocycles. The zero-order valence-electron chi connectivity index (χ0n) is 11.1. The fourth-order valence-electron chi connectivity index (χ4n) is 1.42. The zero-order valence-corrected chi connectivity index (χ0v) is 11.1. The van der Waals surface area contributed by atoms with E-state index in [0.717, 1.165) is 11.3 Å². The molecule has 0 aliphatic heterocycles. The smallest absolute Gasteiger partial charge is 0.127 e. The highest BCUT2D eigenvalue weighted by atomic mass is 16.5. The lowest BCUT2D eigenvalue weighted by Gasteiger charge is -2.11. The van der Waals surface area contributed by atoms with Gasteiger partial charge < -0.3 is 4.74 Å². The molecule has 0 atom stereocenters. The molecule has 0 saturated carbocycles. The van der Waals surface area contributed by atoms with Gasteiger partial charge in [-0.2, -0.15) is 0 Å². The minimum absolute atomic E-state index is 0.699. The molecule has 1 nitrogen and oxygen atoms in total. The molecule has 0 saturated heterocycles. The molecule has 90 valence electrons. The number of allylic oxidation sites excluding steroid dienone is 4. The Morgan fingerprint density at radius 3 is 2.29 bits per heavy atom. The summed E-state index contributed by atoms with van der Waals surface area (Å²) in [5, 5.41) is 0. The van der Waals surface area contributed by atoms with Gasteiger partial charge in [-0.15, -0.1) is 0 Å². The first-order chi connectivity index (χ1) is 8.04. The van der Waals surface area contributed by atoms with Gasteiger partial charge in [0.25, 0.3) is 0 Å². The second-order valence-electron chi connectivity index (χ2n) is 4.15. The minimum atomic E-state index is 0.699. The molecule has 1 aromatic carbocycles. The average molecular weight is 228 g/mol. The third-order valence-electron chi connectivity index (χ3n) is 2.69. The van der Waals surface area contributed by atoms with Gasteiger partial charge in [-0.05, 0) is 51.0 Å². The standard InChI is InChI=1S/C16H20O/c1-6-7-13(3)14(4)15(5)17-16-10-8-12(2)9-11-16/h6-11H,5H2,1-4H3/b7-6-,14-13+. The Kier molecular flexibility index (Phi) is 4.77. The summed E-state index contributed by atoms with van der Waals surface area (Å²) in [6.45, 7) is 12.1. The maximum atomic E-state index is 5.71. The molecular weight excluding hydrogens is 208 g/mol. The molecule has 0 heterocycles. The zero-order chi connectivity index (χ0) is 12.8. The van der Waals surface area contributed by atoms with Gasteiger partial charge in [0.15, 0.2) is 0 Å². The van der Waals surface area contributed by atoms with Gasteiger partial charge in [0.2, 0.25) is 0 Å². The number of benzene rings is 1. The van der Waals surface area contributed by atoms with Gasteiger partial charge in [0, 0.05) is 0 Å². The lowest BCUT2D eigenvalue weighted by atomic mass is 10.1. The van der Waals surface area contributed by atoms with Crippen LogP contribution < -0.4 is 4.74 Å². The van der Waals surface area contributed by atoms with Crippen molar-refractivity contribution >= 4 is 0 Å². The van der Waals surface area contributed by atoms with Crippen molar-refractivity contribution in [2.24, 2.45) is 0 Å². The largest absolute Gasteiger partial charge is 0.458 e. The van der Waals surface area contributed by atoms with E-state index >= 15 is 0 Å². The molecule has 0 aromatic heterocycles. The molecule has 1 rings (SSSR count). The predicted molar refractivity (Wildman–Crippen MR) is 74.1 cm³/mol. The Hall–Kier alpha value is -1.76. The summed E-state index contributed by atoms with van der Waals surface area (Å²) in [4.78, 5) is 0. The predicted octanol–water partition coefficient (Wildman–Crippen LogP) is 4.80. The molecule has 0 radical (unpaired) electrons. The molecule has 1 aromatic rings. The second kappa shape index (κ2) is 6.09. The second-order valence-corrected chi connectivity index (χ2v) is 4.15. The monoisotopic (exact) mass is 228 g/mol. The molecule has 0 fully saturated rings. The van der Waals surface area contributed by atoms with Crippen LogP contribution in [0.3, 0.4) is 0 Å². The van der Waals surface area contributed by atoms with Crippen LogP contribution in [0.15, 0.2) is 59.9 Å². The number of ether oxygens (including phenoxy) is 1. The number of hydrogen-bond acceptors (Lipinski definition) is 1. The third kappa shape index (κ3) is 3.95. The van der Waals surface area contributed by atoms with Crippen LogP contribution in [0.4, 0.5) is 0 Å². The number of rotatable bonds is 4. The van der Waals surface area contributed by atoms with Crippen molar-refractivity contribution in [2.75, 3.05) is 0 Å². The van der Waals surface area contributed by atoms with Crippen molar-refractivity contribution in [1.29, 1.82) is 0 Å². The highest BCUT2D eigenvalue weighted by molar-refractivity contribution is 5.36. The summed E-state index contributed by atoms with van der Waals surface area (Å²) in [6, 6.07) is 7.97. The van der Waals surface area contributed by atoms with Crippen LogP contribution in [0.5, 0.6) is 5.75 Å². The Morgan fingerprint density at radius 2 is 1.76 bits per heavy atom. The molecule has 0 unspecified atom stereocenters. The maximum Gasteiger partial charge on any atom is 0.127 e. The molecule has 0 N–H and O–H groups in total. The summed E-state index contributed by atoms with van der Waals surface area (Å²) in [5.74, 6) is 1.53. The molecule has 0 aliphatic rings. The van der Waals surface area contributed by atoms with Gasteiger partial charge in [-0.3, -0.25) is 0 Å². The van der Waals surface area contributed by atoms with Crippen LogP contribution in [-0.2, 0) is 0 Å². The van der Waals surface area contributed by atoms with Gasteiger partial charge in [-0.1, -0.05) is 36.4 Å². The topological polar surface area (TPSA) is 9.23 Å². The van der Waals surface area contributed by atoms with E-state index in [9.17, 15) is 0 Å². The number of aryl methyl sites for hydroxylation is 1. The Labute approximate surface area is 104 Å². The van der Waals surface area contributed by atoms with Crippen LogP contribution in [-0.4, -0.2) is 0 Å². The van der Waals surface area contributed by atoms with E-state index in [1.54, 1.807) is 0 Å². The Balaban J connectivity index is 2.79. The lowest BCUT2D eigenvalue weighted by Crippen LogP contribution is -1.97. The van der Waals surface area contributed by atoms with E-state index < -0.39 is 0 Å². The summed E-state index contributed by atoms with van der Waals surface area (Å²) >= 11 is 0. The summed E-state index contributed by atoms with van der Waals surface area (Å²) in [7, 11) is 0. The van der Waals surface area contributed by atoms with Crippen molar-refractivity contribution in [3.8, 4) is 5.75 Å². The summed E-state index contributed by atoms with van der Waals surface area (Å²) < 4.78 is 5.71.